The van der Waals surface area contributed by atoms with Crippen LogP contribution in [0, 0.1) is 5.92 Å². The van der Waals surface area contributed by atoms with Crippen molar-refractivity contribution in [3.05, 3.63) is 0 Å². The maximum Gasteiger partial charge on any atom is 0.0547 e. The van der Waals surface area contributed by atoms with Gasteiger partial charge in [0.05, 0.1) is 6.10 Å². The molecule has 3 aliphatic rings. The summed E-state index contributed by atoms with van der Waals surface area (Å²) < 4.78 is 6.20. The van der Waals surface area contributed by atoms with Gasteiger partial charge in [0, 0.05) is 77.1 Å². The lowest BCUT2D eigenvalue weighted by atomic mass is 9.91. The fourth-order valence-corrected chi connectivity index (χ4v) is 6.93. The van der Waals surface area contributed by atoms with Crippen molar-refractivity contribution < 1.29 is 4.74 Å². The molecule has 0 radical (unpaired) electrons. The highest BCUT2D eigenvalue weighted by Gasteiger charge is 2.24. The van der Waals surface area contributed by atoms with Crippen LogP contribution in [0.1, 0.15) is 99.3 Å². The zero-order chi connectivity index (χ0) is 28.0. The molecule has 0 aromatic rings. The third kappa shape index (κ3) is 12.7. The van der Waals surface area contributed by atoms with Crippen molar-refractivity contribution in [1.82, 2.24) is 24.5 Å². The molecule has 0 saturated carbocycles. The molecule has 0 spiro atoms. The van der Waals surface area contributed by atoms with Gasteiger partial charge in [-0.3, -0.25) is 9.80 Å². The Morgan fingerprint density at radius 3 is 1.64 bits per heavy atom. The van der Waals surface area contributed by atoms with Gasteiger partial charge in [0.1, 0.15) is 0 Å². The molecule has 2 unspecified atom stereocenters. The van der Waals surface area contributed by atoms with E-state index in [1.807, 2.05) is 0 Å². The van der Waals surface area contributed by atoms with E-state index in [4.69, 9.17) is 4.74 Å². The van der Waals surface area contributed by atoms with Gasteiger partial charge in [0.2, 0.25) is 0 Å². The molecule has 0 bridgehead atoms. The van der Waals surface area contributed by atoms with Gasteiger partial charge in [0.25, 0.3) is 0 Å². The van der Waals surface area contributed by atoms with Crippen LogP contribution in [-0.2, 0) is 4.74 Å². The highest BCUT2D eigenvalue weighted by Crippen LogP contribution is 2.25. The average molecular weight is 550 g/mol. The topological polar surface area (TPSA) is 25.4 Å². The lowest BCUT2D eigenvalue weighted by Gasteiger charge is -2.38. The van der Waals surface area contributed by atoms with Crippen LogP contribution in [-0.4, -0.2) is 134 Å². The molecule has 230 valence electrons. The summed E-state index contributed by atoms with van der Waals surface area (Å²) in [7, 11) is 0. The summed E-state index contributed by atoms with van der Waals surface area (Å²) in [5.74, 6) is 0.956. The average Bonchev–Trinajstić information content (AvgIpc) is 2.94. The second-order valence-corrected chi connectivity index (χ2v) is 13.7. The van der Waals surface area contributed by atoms with Crippen LogP contribution in [0.4, 0.5) is 0 Å². The maximum absolute atomic E-state index is 6.20. The fraction of sp³-hybridized carbons (Fsp3) is 1.00. The normalized spacial score (nSPS) is 23.7. The number of hydrogen-bond donors (Lipinski definition) is 0. The Morgan fingerprint density at radius 1 is 0.564 bits per heavy atom. The number of ether oxygens (including phenoxy) is 1. The molecule has 3 aliphatic heterocycles. The van der Waals surface area contributed by atoms with Crippen molar-refractivity contribution in [3.8, 4) is 0 Å². The number of piperidine rings is 1. The first kappa shape index (κ1) is 33.3. The van der Waals surface area contributed by atoms with Gasteiger partial charge in [-0.25, -0.2) is 0 Å². The molecular weight excluding hydrogens is 482 g/mol. The summed E-state index contributed by atoms with van der Waals surface area (Å²) in [6, 6.07) is 2.10. The molecule has 0 N–H and O–H groups in total. The molecule has 3 saturated heterocycles. The lowest BCUT2D eigenvalue weighted by Crippen LogP contribution is -2.49. The van der Waals surface area contributed by atoms with Crippen LogP contribution >= 0.6 is 0 Å². The molecule has 0 amide bonds. The van der Waals surface area contributed by atoms with Gasteiger partial charge < -0.3 is 19.4 Å². The minimum atomic E-state index is 0.400. The van der Waals surface area contributed by atoms with E-state index < -0.39 is 0 Å². The van der Waals surface area contributed by atoms with Crippen molar-refractivity contribution in [2.24, 2.45) is 5.92 Å². The molecule has 2 atom stereocenters. The van der Waals surface area contributed by atoms with Crippen molar-refractivity contribution in [2.45, 2.75) is 124 Å². The predicted molar refractivity (Wildman–Crippen MR) is 168 cm³/mol. The Labute approximate surface area is 243 Å². The van der Waals surface area contributed by atoms with Crippen LogP contribution in [0.3, 0.4) is 0 Å². The SMILES string of the molecule is CC(CCC(C)N1CCC(CCCN2CCN(C(C)C)CC2)CC1)OCCCCCN1CCN(C(C)C)CC1. The van der Waals surface area contributed by atoms with E-state index in [0.717, 1.165) is 12.5 Å². The molecule has 6 nitrogen and oxygen atoms in total. The van der Waals surface area contributed by atoms with Crippen LogP contribution in [0.25, 0.3) is 0 Å². The second-order valence-electron chi connectivity index (χ2n) is 13.7. The summed E-state index contributed by atoms with van der Waals surface area (Å²) in [5.41, 5.74) is 0. The summed E-state index contributed by atoms with van der Waals surface area (Å²) >= 11 is 0. The second kappa shape index (κ2) is 18.3. The van der Waals surface area contributed by atoms with Crippen LogP contribution in [0.2, 0.25) is 0 Å². The van der Waals surface area contributed by atoms with Crippen LogP contribution in [0.5, 0.6) is 0 Å². The molecule has 39 heavy (non-hydrogen) atoms. The lowest BCUT2D eigenvalue weighted by molar-refractivity contribution is 0.0459. The fourth-order valence-electron chi connectivity index (χ4n) is 6.93. The number of hydrogen-bond acceptors (Lipinski definition) is 6. The standard InChI is InChI=1S/C33H67N5O/c1-29(2)36-24-20-34(21-25-36)16-8-7-9-28-39-32(6)13-12-31(5)38-18-14-33(15-19-38)11-10-17-35-22-26-37(27-23-35)30(3)4/h29-33H,7-28H2,1-6H3. The Kier molecular flexibility index (Phi) is 15.6. The number of unbranched alkanes of at least 4 members (excludes halogenated alkanes) is 2. The molecule has 0 aromatic carbocycles. The van der Waals surface area contributed by atoms with Crippen molar-refractivity contribution in [1.29, 1.82) is 0 Å². The van der Waals surface area contributed by atoms with Gasteiger partial charge in [-0.05, 0) is 131 Å². The zero-order valence-electron chi connectivity index (χ0n) is 27.1. The number of likely N-dealkylation sites (tertiary alicyclic amines) is 1. The van der Waals surface area contributed by atoms with E-state index in [1.165, 1.54) is 136 Å². The smallest absolute Gasteiger partial charge is 0.0547 e. The van der Waals surface area contributed by atoms with Crippen molar-refractivity contribution in [3.63, 3.8) is 0 Å². The summed E-state index contributed by atoms with van der Waals surface area (Å²) in [5, 5.41) is 0. The van der Waals surface area contributed by atoms with Gasteiger partial charge in [-0.1, -0.05) is 0 Å². The summed E-state index contributed by atoms with van der Waals surface area (Å²) in [4.78, 5) is 13.3. The van der Waals surface area contributed by atoms with Gasteiger partial charge in [0.15, 0.2) is 0 Å². The van der Waals surface area contributed by atoms with E-state index in [1.54, 1.807) is 0 Å². The van der Waals surface area contributed by atoms with Crippen molar-refractivity contribution in [2.75, 3.05) is 85.1 Å². The van der Waals surface area contributed by atoms with Gasteiger partial charge >= 0.3 is 0 Å². The highest BCUT2D eigenvalue weighted by atomic mass is 16.5. The Balaban J connectivity index is 1.13. The third-order valence-corrected chi connectivity index (χ3v) is 10.1. The number of rotatable bonds is 17. The van der Waals surface area contributed by atoms with E-state index in [-0.39, 0.29) is 0 Å². The van der Waals surface area contributed by atoms with Gasteiger partial charge in [-0.2, -0.15) is 0 Å². The zero-order valence-corrected chi connectivity index (χ0v) is 27.1. The van der Waals surface area contributed by atoms with Crippen LogP contribution in [0.15, 0.2) is 0 Å². The van der Waals surface area contributed by atoms with E-state index in [2.05, 4.69) is 66.0 Å². The summed E-state index contributed by atoms with van der Waals surface area (Å²) in [6.45, 7) is 30.2. The minimum absolute atomic E-state index is 0.400. The molecule has 3 fully saturated rings. The quantitative estimate of drug-likeness (QED) is 0.229. The molecular formula is C33H67N5O. The first-order valence-corrected chi connectivity index (χ1v) is 17.1. The molecule has 3 rings (SSSR count). The molecule has 0 aliphatic carbocycles. The van der Waals surface area contributed by atoms with Crippen LogP contribution < -0.4 is 0 Å². The number of nitrogens with zero attached hydrogens (tertiary/aromatic N) is 5. The third-order valence-electron chi connectivity index (χ3n) is 10.1. The molecule has 0 aromatic heterocycles. The molecule has 6 heteroatoms. The predicted octanol–water partition coefficient (Wildman–Crippen LogP) is 5.27. The Morgan fingerprint density at radius 2 is 1.10 bits per heavy atom. The van der Waals surface area contributed by atoms with E-state index in [9.17, 15) is 0 Å². The Bertz CT molecular complexity index is 607. The minimum Gasteiger partial charge on any atom is -0.379 e. The summed E-state index contributed by atoms with van der Waals surface area (Å²) in [6.07, 6.45) is 12.4. The van der Waals surface area contributed by atoms with E-state index >= 15 is 0 Å². The van der Waals surface area contributed by atoms with E-state index in [0.29, 0.717) is 24.2 Å². The van der Waals surface area contributed by atoms with Crippen molar-refractivity contribution >= 4 is 0 Å². The monoisotopic (exact) mass is 550 g/mol. The first-order valence-electron chi connectivity index (χ1n) is 17.1. The highest BCUT2D eigenvalue weighted by molar-refractivity contribution is 4.79. The maximum atomic E-state index is 6.20. The first-order chi connectivity index (χ1) is 18.8. The Hall–Kier alpha value is -0.240. The largest absolute Gasteiger partial charge is 0.379 e. The van der Waals surface area contributed by atoms with Gasteiger partial charge in [-0.15, -0.1) is 0 Å². The molecule has 3 heterocycles. The number of piperazine rings is 2.